The molecular formula is C18H20N4O2. The molecule has 1 aliphatic rings. The first-order valence-corrected chi connectivity index (χ1v) is 7.90. The summed E-state index contributed by atoms with van der Waals surface area (Å²) in [5, 5.41) is 2.81. The number of hydrogen-bond acceptors (Lipinski definition) is 4. The SMILES string of the molecule is Cc1ccc(CN2C(=O)CCC2C(=O)Nc2ccc(N)nc2)cc1. The molecule has 1 saturated heterocycles. The summed E-state index contributed by atoms with van der Waals surface area (Å²) in [5.41, 5.74) is 8.29. The van der Waals surface area contributed by atoms with Gasteiger partial charge in [-0.05, 0) is 31.0 Å². The van der Waals surface area contributed by atoms with Gasteiger partial charge in [0.15, 0.2) is 0 Å². The lowest BCUT2D eigenvalue weighted by Crippen LogP contribution is -2.41. The molecule has 3 N–H and O–H groups in total. The third-order valence-corrected chi connectivity index (χ3v) is 4.16. The van der Waals surface area contributed by atoms with Gasteiger partial charge in [-0.1, -0.05) is 29.8 Å². The number of amides is 2. The van der Waals surface area contributed by atoms with E-state index in [1.54, 1.807) is 17.0 Å². The standard InChI is InChI=1S/C18H20N4O2/c1-12-2-4-13(5-3-12)11-22-15(7-9-17(22)23)18(24)21-14-6-8-16(19)20-10-14/h2-6,8,10,15H,7,9,11H2,1H3,(H2,19,20)(H,21,24). The van der Waals surface area contributed by atoms with E-state index in [9.17, 15) is 9.59 Å². The summed E-state index contributed by atoms with van der Waals surface area (Å²) in [6.45, 7) is 2.46. The Morgan fingerprint density at radius 3 is 2.71 bits per heavy atom. The van der Waals surface area contributed by atoms with E-state index in [1.165, 1.54) is 6.20 Å². The molecule has 1 fully saturated rings. The number of nitrogens with zero attached hydrogens (tertiary/aromatic N) is 2. The molecule has 124 valence electrons. The molecule has 1 aliphatic heterocycles. The first-order valence-electron chi connectivity index (χ1n) is 7.90. The number of nitrogens with one attached hydrogen (secondary N) is 1. The highest BCUT2D eigenvalue weighted by Gasteiger charge is 2.35. The molecule has 1 aromatic carbocycles. The number of aryl methyl sites for hydroxylation is 1. The van der Waals surface area contributed by atoms with E-state index < -0.39 is 6.04 Å². The summed E-state index contributed by atoms with van der Waals surface area (Å²) in [6, 6.07) is 10.8. The average molecular weight is 324 g/mol. The van der Waals surface area contributed by atoms with E-state index in [0.717, 1.165) is 11.1 Å². The van der Waals surface area contributed by atoms with Crippen LogP contribution in [0.1, 0.15) is 24.0 Å². The number of likely N-dealkylation sites (tertiary alicyclic amines) is 1. The first-order chi connectivity index (χ1) is 11.5. The van der Waals surface area contributed by atoms with E-state index in [-0.39, 0.29) is 11.8 Å². The fourth-order valence-electron chi connectivity index (χ4n) is 2.80. The molecule has 0 radical (unpaired) electrons. The third kappa shape index (κ3) is 3.53. The number of rotatable bonds is 4. The number of carbonyl (C=O) groups excluding carboxylic acids is 2. The number of aromatic nitrogens is 1. The zero-order valence-corrected chi connectivity index (χ0v) is 13.5. The normalized spacial score (nSPS) is 17.1. The van der Waals surface area contributed by atoms with Gasteiger partial charge in [-0.25, -0.2) is 4.98 Å². The Balaban J connectivity index is 1.70. The predicted octanol–water partition coefficient (Wildman–Crippen LogP) is 2.10. The van der Waals surface area contributed by atoms with Crippen LogP contribution >= 0.6 is 0 Å². The van der Waals surface area contributed by atoms with Gasteiger partial charge in [-0.2, -0.15) is 0 Å². The molecule has 6 nitrogen and oxygen atoms in total. The van der Waals surface area contributed by atoms with Gasteiger partial charge < -0.3 is 16.0 Å². The van der Waals surface area contributed by atoms with Crippen LogP contribution in [-0.4, -0.2) is 27.7 Å². The molecule has 2 heterocycles. The summed E-state index contributed by atoms with van der Waals surface area (Å²) in [7, 11) is 0. The third-order valence-electron chi connectivity index (χ3n) is 4.16. The van der Waals surface area contributed by atoms with Crippen molar-refractivity contribution in [2.75, 3.05) is 11.1 Å². The number of carbonyl (C=O) groups is 2. The van der Waals surface area contributed by atoms with Crippen LogP contribution in [0.15, 0.2) is 42.6 Å². The smallest absolute Gasteiger partial charge is 0.247 e. The Labute approximate surface area is 140 Å². The number of nitrogen functional groups attached to an aromatic ring is 1. The molecule has 6 heteroatoms. The van der Waals surface area contributed by atoms with Crippen molar-refractivity contribution in [2.45, 2.75) is 32.4 Å². The van der Waals surface area contributed by atoms with Crippen LogP contribution in [0.25, 0.3) is 0 Å². The number of anilines is 2. The zero-order valence-electron chi connectivity index (χ0n) is 13.5. The maximum Gasteiger partial charge on any atom is 0.247 e. The Bertz CT molecular complexity index is 741. The van der Waals surface area contributed by atoms with Crippen LogP contribution in [0.5, 0.6) is 0 Å². The minimum Gasteiger partial charge on any atom is -0.384 e. The highest BCUT2D eigenvalue weighted by molar-refractivity contribution is 5.98. The highest BCUT2D eigenvalue weighted by Crippen LogP contribution is 2.23. The van der Waals surface area contributed by atoms with Gasteiger partial charge in [0.2, 0.25) is 11.8 Å². The minimum absolute atomic E-state index is 0.00570. The molecule has 24 heavy (non-hydrogen) atoms. The molecule has 2 amide bonds. The molecule has 0 spiro atoms. The fraction of sp³-hybridized carbons (Fsp3) is 0.278. The maximum atomic E-state index is 12.5. The second kappa shape index (κ2) is 6.70. The molecule has 0 aliphatic carbocycles. The predicted molar refractivity (Wildman–Crippen MR) is 92.0 cm³/mol. The van der Waals surface area contributed by atoms with Crippen molar-refractivity contribution in [3.63, 3.8) is 0 Å². The Hall–Kier alpha value is -2.89. The van der Waals surface area contributed by atoms with Gasteiger partial charge in [-0.3, -0.25) is 9.59 Å². The van der Waals surface area contributed by atoms with Gasteiger partial charge in [0.05, 0.1) is 11.9 Å². The van der Waals surface area contributed by atoms with Crippen LogP contribution in [0.2, 0.25) is 0 Å². The Morgan fingerprint density at radius 2 is 2.04 bits per heavy atom. The van der Waals surface area contributed by atoms with Crippen LogP contribution in [-0.2, 0) is 16.1 Å². The van der Waals surface area contributed by atoms with Crippen molar-refractivity contribution in [3.05, 3.63) is 53.7 Å². The van der Waals surface area contributed by atoms with Crippen LogP contribution in [0.4, 0.5) is 11.5 Å². The largest absolute Gasteiger partial charge is 0.384 e. The van der Waals surface area contributed by atoms with Crippen molar-refractivity contribution >= 4 is 23.3 Å². The second-order valence-corrected chi connectivity index (χ2v) is 6.02. The summed E-state index contributed by atoms with van der Waals surface area (Å²) in [6.07, 6.45) is 2.43. The molecule has 1 atom stereocenters. The number of nitrogens with two attached hydrogens (primary N) is 1. The van der Waals surface area contributed by atoms with Crippen molar-refractivity contribution in [2.24, 2.45) is 0 Å². The molecule has 0 saturated carbocycles. The summed E-state index contributed by atoms with van der Waals surface area (Å²) in [5.74, 6) is 0.204. The lowest BCUT2D eigenvalue weighted by molar-refractivity contribution is -0.133. The van der Waals surface area contributed by atoms with Crippen molar-refractivity contribution in [1.82, 2.24) is 9.88 Å². The van der Waals surface area contributed by atoms with Crippen LogP contribution in [0, 0.1) is 6.92 Å². The topological polar surface area (TPSA) is 88.3 Å². The van der Waals surface area contributed by atoms with Gasteiger partial charge in [0.25, 0.3) is 0 Å². The zero-order chi connectivity index (χ0) is 17.1. The van der Waals surface area contributed by atoms with E-state index in [2.05, 4.69) is 10.3 Å². The van der Waals surface area contributed by atoms with E-state index >= 15 is 0 Å². The van der Waals surface area contributed by atoms with Crippen LogP contribution in [0.3, 0.4) is 0 Å². The molecule has 1 aromatic heterocycles. The molecular weight excluding hydrogens is 304 g/mol. The van der Waals surface area contributed by atoms with Crippen LogP contribution < -0.4 is 11.1 Å². The summed E-state index contributed by atoms with van der Waals surface area (Å²) in [4.78, 5) is 30.3. The van der Waals surface area contributed by atoms with Gasteiger partial charge in [0.1, 0.15) is 11.9 Å². The van der Waals surface area contributed by atoms with Gasteiger partial charge in [-0.15, -0.1) is 0 Å². The highest BCUT2D eigenvalue weighted by atomic mass is 16.2. The first kappa shape index (κ1) is 16.0. The summed E-state index contributed by atoms with van der Waals surface area (Å²) >= 11 is 0. The lowest BCUT2D eigenvalue weighted by Gasteiger charge is -2.24. The molecule has 3 rings (SSSR count). The monoisotopic (exact) mass is 324 g/mol. The number of hydrogen-bond donors (Lipinski definition) is 2. The minimum atomic E-state index is -0.462. The summed E-state index contributed by atoms with van der Waals surface area (Å²) < 4.78 is 0. The fourth-order valence-corrected chi connectivity index (χ4v) is 2.80. The quantitative estimate of drug-likeness (QED) is 0.901. The lowest BCUT2D eigenvalue weighted by atomic mass is 10.1. The average Bonchev–Trinajstić information content (AvgIpc) is 2.93. The number of pyridine rings is 1. The second-order valence-electron chi connectivity index (χ2n) is 6.02. The van der Waals surface area contributed by atoms with Gasteiger partial charge >= 0.3 is 0 Å². The van der Waals surface area contributed by atoms with Crippen molar-refractivity contribution in [3.8, 4) is 0 Å². The van der Waals surface area contributed by atoms with E-state index in [0.29, 0.717) is 30.9 Å². The maximum absolute atomic E-state index is 12.5. The Morgan fingerprint density at radius 1 is 1.29 bits per heavy atom. The van der Waals surface area contributed by atoms with E-state index in [1.807, 2.05) is 31.2 Å². The van der Waals surface area contributed by atoms with Crippen molar-refractivity contribution in [1.29, 1.82) is 0 Å². The number of benzene rings is 1. The Kier molecular flexibility index (Phi) is 4.46. The molecule has 2 aromatic rings. The molecule has 1 unspecified atom stereocenters. The van der Waals surface area contributed by atoms with E-state index in [4.69, 9.17) is 5.73 Å². The van der Waals surface area contributed by atoms with Gasteiger partial charge in [0, 0.05) is 13.0 Å². The molecule has 0 bridgehead atoms. The van der Waals surface area contributed by atoms with Crippen molar-refractivity contribution < 1.29 is 9.59 Å².